The van der Waals surface area contributed by atoms with E-state index in [4.69, 9.17) is 21.4 Å². The zero-order valence-electron chi connectivity index (χ0n) is 10.9. The van der Waals surface area contributed by atoms with E-state index in [2.05, 4.69) is 5.32 Å². The normalized spacial score (nSPS) is 21.5. The Morgan fingerprint density at radius 1 is 1.35 bits per heavy atom. The molecule has 2 unspecified atom stereocenters. The van der Waals surface area contributed by atoms with Crippen LogP contribution in [0.2, 0.25) is 5.02 Å². The van der Waals surface area contributed by atoms with Crippen molar-refractivity contribution in [1.82, 2.24) is 4.90 Å². The van der Waals surface area contributed by atoms with E-state index < -0.39 is 17.9 Å². The van der Waals surface area contributed by atoms with E-state index in [1.54, 1.807) is 31.3 Å². The molecule has 1 aliphatic rings. The van der Waals surface area contributed by atoms with Gasteiger partial charge in [0.1, 0.15) is 5.92 Å². The number of hydrogen-bond donors (Lipinski definition) is 2. The lowest BCUT2D eigenvalue weighted by atomic mass is 10.0. The Morgan fingerprint density at radius 3 is 2.60 bits per heavy atom. The Hall–Kier alpha value is -1.79. The standard InChI is InChI=1S/C13H15ClN2O4/c1-16(11-7-20-6-10(11)12(17)18)13(19)15-9-4-2-8(14)3-5-9/h2-5,10-11H,6-7H2,1H3,(H,15,19)(H,17,18). The van der Waals surface area contributed by atoms with E-state index in [0.29, 0.717) is 10.7 Å². The highest BCUT2D eigenvalue weighted by Crippen LogP contribution is 2.20. The molecule has 2 N–H and O–H groups in total. The summed E-state index contributed by atoms with van der Waals surface area (Å²) in [5.74, 6) is -1.66. The number of nitrogens with zero attached hydrogens (tertiary/aromatic N) is 1. The minimum atomic E-state index is -0.960. The van der Waals surface area contributed by atoms with Gasteiger partial charge in [-0.25, -0.2) is 4.79 Å². The van der Waals surface area contributed by atoms with E-state index in [-0.39, 0.29) is 19.2 Å². The lowest BCUT2D eigenvalue weighted by Crippen LogP contribution is -2.45. The molecule has 1 saturated heterocycles. The first-order valence-corrected chi connectivity index (χ1v) is 6.47. The van der Waals surface area contributed by atoms with Gasteiger partial charge >= 0.3 is 12.0 Å². The van der Waals surface area contributed by atoms with Gasteiger partial charge in [0.15, 0.2) is 0 Å². The highest BCUT2D eigenvalue weighted by Gasteiger charge is 2.38. The van der Waals surface area contributed by atoms with Crippen molar-refractivity contribution in [2.24, 2.45) is 5.92 Å². The molecule has 0 spiro atoms. The number of rotatable bonds is 3. The van der Waals surface area contributed by atoms with Crippen LogP contribution in [0.15, 0.2) is 24.3 Å². The average Bonchev–Trinajstić information content (AvgIpc) is 2.90. The van der Waals surface area contributed by atoms with E-state index in [9.17, 15) is 9.59 Å². The topological polar surface area (TPSA) is 78.9 Å². The number of carboxylic acids is 1. The van der Waals surface area contributed by atoms with Gasteiger partial charge in [0, 0.05) is 17.8 Å². The van der Waals surface area contributed by atoms with Crippen molar-refractivity contribution in [1.29, 1.82) is 0 Å². The Bertz CT molecular complexity index is 506. The molecule has 0 bridgehead atoms. The third-order valence-corrected chi connectivity index (χ3v) is 3.53. The molecular weight excluding hydrogens is 284 g/mol. The third-order valence-electron chi connectivity index (χ3n) is 3.28. The second-order valence-corrected chi connectivity index (χ2v) is 5.03. The maximum Gasteiger partial charge on any atom is 0.321 e. The number of carbonyl (C=O) groups excluding carboxylic acids is 1. The molecule has 1 aromatic rings. The first-order chi connectivity index (χ1) is 9.49. The zero-order chi connectivity index (χ0) is 14.7. The van der Waals surface area contributed by atoms with E-state index in [1.165, 1.54) is 4.90 Å². The van der Waals surface area contributed by atoms with E-state index >= 15 is 0 Å². The molecule has 1 fully saturated rings. The first kappa shape index (κ1) is 14.6. The van der Waals surface area contributed by atoms with Crippen molar-refractivity contribution in [2.75, 3.05) is 25.6 Å². The van der Waals surface area contributed by atoms with Crippen molar-refractivity contribution >= 4 is 29.3 Å². The number of hydrogen-bond acceptors (Lipinski definition) is 3. The average molecular weight is 299 g/mol. The summed E-state index contributed by atoms with van der Waals surface area (Å²) in [5.41, 5.74) is 0.594. The van der Waals surface area contributed by atoms with Crippen LogP contribution in [0.3, 0.4) is 0 Å². The van der Waals surface area contributed by atoms with Crippen LogP contribution in [0.5, 0.6) is 0 Å². The highest BCUT2D eigenvalue weighted by molar-refractivity contribution is 6.30. The van der Waals surface area contributed by atoms with Gasteiger partial charge < -0.3 is 20.1 Å². The number of aliphatic carboxylic acids is 1. The summed E-state index contributed by atoms with van der Waals surface area (Å²) in [6.07, 6.45) is 0. The van der Waals surface area contributed by atoms with Gasteiger partial charge in [0.2, 0.25) is 0 Å². The molecule has 0 radical (unpaired) electrons. The van der Waals surface area contributed by atoms with Crippen LogP contribution >= 0.6 is 11.6 Å². The predicted molar refractivity (Wildman–Crippen MR) is 74.0 cm³/mol. The second-order valence-electron chi connectivity index (χ2n) is 4.60. The molecule has 1 aliphatic heterocycles. The number of urea groups is 1. The summed E-state index contributed by atoms with van der Waals surface area (Å²) in [7, 11) is 1.56. The van der Waals surface area contributed by atoms with Crippen LogP contribution in [0.25, 0.3) is 0 Å². The number of likely N-dealkylation sites (N-methyl/N-ethyl adjacent to an activating group) is 1. The van der Waals surface area contributed by atoms with Gasteiger partial charge in [-0.05, 0) is 24.3 Å². The molecule has 0 aliphatic carbocycles. The van der Waals surface area contributed by atoms with Crippen LogP contribution in [-0.2, 0) is 9.53 Å². The third kappa shape index (κ3) is 3.20. The fourth-order valence-corrected chi connectivity index (χ4v) is 2.18. The second kappa shape index (κ2) is 6.11. The molecule has 2 atom stereocenters. The van der Waals surface area contributed by atoms with Crippen LogP contribution in [0.1, 0.15) is 0 Å². The maximum atomic E-state index is 12.1. The van der Waals surface area contributed by atoms with Crippen LogP contribution in [0, 0.1) is 5.92 Å². The smallest absolute Gasteiger partial charge is 0.321 e. The Morgan fingerprint density at radius 2 is 2.00 bits per heavy atom. The largest absolute Gasteiger partial charge is 0.481 e. The van der Waals surface area contributed by atoms with Gasteiger partial charge in [0.05, 0.1) is 19.3 Å². The Labute approximate surface area is 121 Å². The number of ether oxygens (including phenoxy) is 1. The van der Waals surface area contributed by atoms with E-state index in [0.717, 1.165) is 0 Å². The van der Waals surface area contributed by atoms with Gasteiger partial charge in [-0.15, -0.1) is 0 Å². The fraction of sp³-hybridized carbons (Fsp3) is 0.385. The van der Waals surface area contributed by atoms with Gasteiger partial charge in [-0.1, -0.05) is 11.6 Å². The van der Waals surface area contributed by atoms with Gasteiger partial charge in [0.25, 0.3) is 0 Å². The van der Waals surface area contributed by atoms with Gasteiger partial charge in [-0.2, -0.15) is 0 Å². The summed E-state index contributed by atoms with van der Waals surface area (Å²) in [6, 6.07) is 5.82. The van der Waals surface area contributed by atoms with Crippen LogP contribution < -0.4 is 5.32 Å². The highest BCUT2D eigenvalue weighted by atomic mass is 35.5. The number of benzene rings is 1. The molecule has 1 aromatic carbocycles. The summed E-state index contributed by atoms with van der Waals surface area (Å²) in [4.78, 5) is 24.5. The minimum Gasteiger partial charge on any atom is -0.481 e. The molecule has 6 nitrogen and oxygen atoms in total. The molecule has 1 heterocycles. The molecular formula is C13H15ClN2O4. The Balaban J connectivity index is 2.01. The lowest BCUT2D eigenvalue weighted by Gasteiger charge is -2.26. The fourth-order valence-electron chi connectivity index (χ4n) is 2.06. The van der Waals surface area contributed by atoms with Gasteiger partial charge in [-0.3, -0.25) is 4.79 Å². The monoisotopic (exact) mass is 298 g/mol. The minimum absolute atomic E-state index is 0.124. The zero-order valence-corrected chi connectivity index (χ0v) is 11.6. The number of carbonyl (C=O) groups is 2. The van der Waals surface area contributed by atoms with Crippen molar-refractivity contribution in [2.45, 2.75) is 6.04 Å². The molecule has 2 amide bonds. The van der Waals surface area contributed by atoms with Crippen molar-refractivity contribution < 1.29 is 19.4 Å². The molecule has 0 aromatic heterocycles. The van der Waals surface area contributed by atoms with Crippen molar-refractivity contribution in [3.63, 3.8) is 0 Å². The molecule has 7 heteroatoms. The number of nitrogens with one attached hydrogen (secondary N) is 1. The summed E-state index contributed by atoms with van der Waals surface area (Å²) >= 11 is 5.76. The summed E-state index contributed by atoms with van der Waals surface area (Å²) in [6.45, 7) is 0.347. The SMILES string of the molecule is CN(C(=O)Nc1ccc(Cl)cc1)C1COCC1C(=O)O. The Kier molecular flexibility index (Phi) is 4.46. The van der Waals surface area contributed by atoms with Crippen LogP contribution in [-0.4, -0.2) is 48.3 Å². The molecule has 2 rings (SSSR count). The first-order valence-electron chi connectivity index (χ1n) is 6.09. The van der Waals surface area contributed by atoms with E-state index in [1.807, 2.05) is 0 Å². The summed E-state index contributed by atoms with van der Waals surface area (Å²) < 4.78 is 5.15. The van der Waals surface area contributed by atoms with Crippen molar-refractivity contribution in [3.8, 4) is 0 Å². The molecule has 0 saturated carbocycles. The number of carboxylic acid groups (broad SMARTS) is 1. The lowest BCUT2D eigenvalue weighted by molar-refractivity contribution is -0.142. The number of amides is 2. The number of halogens is 1. The molecule has 20 heavy (non-hydrogen) atoms. The quantitative estimate of drug-likeness (QED) is 0.893. The molecule has 108 valence electrons. The predicted octanol–water partition coefficient (Wildman–Crippen LogP) is 1.90. The number of anilines is 1. The van der Waals surface area contributed by atoms with Crippen molar-refractivity contribution in [3.05, 3.63) is 29.3 Å². The summed E-state index contributed by atoms with van der Waals surface area (Å²) in [5, 5.41) is 12.3. The van der Waals surface area contributed by atoms with Crippen LogP contribution in [0.4, 0.5) is 10.5 Å². The maximum absolute atomic E-state index is 12.1.